The second-order valence-corrected chi connectivity index (χ2v) is 5.38. The Bertz CT molecular complexity index is 200. The van der Waals surface area contributed by atoms with Crippen LogP contribution in [0.25, 0.3) is 0 Å². The predicted molar refractivity (Wildman–Crippen MR) is 69.1 cm³/mol. The molecule has 1 aliphatic rings. The Balaban J connectivity index is 2.52. The van der Waals surface area contributed by atoms with Gasteiger partial charge in [0.15, 0.2) is 0 Å². The molecule has 0 heteroatoms. The third-order valence-electron chi connectivity index (χ3n) is 4.10. The van der Waals surface area contributed by atoms with E-state index in [2.05, 4.69) is 20.8 Å². The molecule has 0 aromatic heterocycles. The predicted octanol–water partition coefficient (Wildman–Crippen LogP) is 5.48. The quantitative estimate of drug-likeness (QED) is 0.462. The molecule has 0 bridgehead atoms. The van der Waals surface area contributed by atoms with Crippen LogP contribution in [-0.4, -0.2) is 0 Å². The molecule has 0 aliphatic heterocycles. The van der Waals surface area contributed by atoms with E-state index in [1.54, 1.807) is 11.1 Å². The molecule has 1 aliphatic carbocycles. The third-order valence-corrected chi connectivity index (χ3v) is 4.10. The summed E-state index contributed by atoms with van der Waals surface area (Å²) in [5, 5.41) is 0. The van der Waals surface area contributed by atoms with Crippen molar-refractivity contribution < 1.29 is 0 Å². The lowest BCUT2D eigenvalue weighted by atomic mass is 9.90. The monoisotopic (exact) mass is 208 g/mol. The zero-order valence-corrected chi connectivity index (χ0v) is 10.9. The molecule has 88 valence electrons. The van der Waals surface area contributed by atoms with Gasteiger partial charge in [0.2, 0.25) is 0 Å². The highest BCUT2D eigenvalue weighted by molar-refractivity contribution is 5.12. The van der Waals surface area contributed by atoms with Crippen molar-refractivity contribution in [3.05, 3.63) is 11.1 Å². The van der Waals surface area contributed by atoms with Crippen LogP contribution >= 0.6 is 0 Å². The molecular formula is C15H28. The van der Waals surface area contributed by atoms with Gasteiger partial charge >= 0.3 is 0 Å². The normalized spacial score (nSPS) is 31.8. The molecule has 0 saturated heterocycles. The van der Waals surface area contributed by atoms with Gasteiger partial charge in [-0.2, -0.15) is 0 Å². The van der Waals surface area contributed by atoms with E-state index >= 15 is 0 Å². The summed E-state index contributed by atoms with van der Waals surface area (Å²) in [5.74, 6) is 0.824. The Kier molecular flexibility index (Phi) is 6.05. The minimum Gasteiger partial charge on any atom is -0.0741 e. The van der Waals surface area contributed by atoms with E-state index in [9.17, 15) is 0 Å². The molecule has 1 rings (SSSR count). The highest BCUT2D eigenvalue weighted by Crippen LogP contribution is 2.25. The first-order valence-electron chi connectivity index (χ1n) is 6.88. The number of hydrogen-bond donors (Lipinski definition) is 0. The van der Waals surface area contributed by atoms with Crippen molar-refractivity contribution in [1.29, 1.82) is 0 Å². The molecule has 0 N–H and O–H groups in total. The smallest absolute Gasteiger partial charge is 0.0232 e. The van der Waals surface area contributed by atoms with E-state index < -0.39 is 0 Å². The molecule has 0 nitrogen and oxygen atoms in total. The maximum absolute atomic E-state index is 2.41. The first-order valence-corrected chi connectivity index (χ1v) is 6.88. The Morgan fingerprint density at radius 3 is 2.00 bits per heavy atom. The zero-order chi connectivity index (χ0) is 11.1. The highest BCUT2D eigenvalue weighted by atomic mass is 14.1. The van der Waals surface area contributed by atoms with Crippen LogP contribution < -0.4 is 0 Å². The summed E-state index contributed by atoms with van der Waals surface area (Å²) in [7, 11) is 0. The van der Waals surface area contributed by atoms with E-state index in [4.69, 9.17) is 0 Å². The van der Waals surface area contributed by atoms with E-state index in [1.807, 2.05) is 0 Å². The van der Waals surface area contributed by atoms with E-state index in [-0.39, 0.29) is 0 Å². The molecule has 0 saturated carbocycles. The molecule has 0 aromatic rings. The lowest BCUT2D eigenvalue weighted by Crippen LogP contribution is -2.00. The van der Waals surface area contributed by atoms with E-state index in [1.165, 1.54) is 57.8 Å². The molecule has 0 heterocycles. The van der Waals surface area contributed by atoms with Crippen LogP contribution in [0.5, 0.6) is 0 Å². The number of rotatable bonds is 0. The van der Waals surface area contributed by atoms with Gasteiger partial charge in [-0.15, -0.1) is 0 Å². The summed E-state index contributed by atoms with van der Waals surface area (Å²) in [6.45, 7) is 7.11. The molecular weight excluding hydrogens is 180 g/mol. The number of allylic oxidation sites excluding steroid dienone is 2. The van der Waals surface area contributed by atoms with E-state index in [0.29, 0.717) is 0 Å². The Labute approximate surface area is 96.2 Å². The van der Waals surface area contributed by atoms with Crippen molar-refractivity contribution >= 4 is 0 Å². The lowest BCUT2D eigenvalue weighted by molar-refractivity contribution is 0.509. The molecule has 1 atom stereocenters. The Morgan fingerprint density at radius 1 is 0.800 bits per heavy atom. The lowest BCUT2D eigenvalue weighted by Gasteiger charge is -2.17. The fraction of sp³-hybridized carbons (Fsp3) is 0.867. The molecule has 0 fully saturated rings. The van der Waals surface area contributed by atoms with Crippen molar-refractivity contribution in [3.8, 4) is 0 Å². The minimum atomic E-state index is 0.824. The molecule has 0 radical (unpaired) electrons. The summed E-state index contributed by atoms with van der Waals surface area (Å²) >= 11 is 0. The van der Waals surface area contributed by atoms with Gasteiger partial charge in [0.25, 0.3) is 0 Å². The average molecular weight is 208 g/mol. The van der Waals surface area contributed by atoms with Crippen LogP contribution in [0.1, 0.15) is 78.6 Å². The number of hydrogen-bond acceptors (Lipinski definition) is 0. The first-order chi connectivity index (χ1) is 7.22. The van der Waals surface area contributed by atoms with Gasteiger partial charge in [-0.1, -0.05) is 56.6 Å². The molecule has 0 aromatic carbocycles. The second kappa shape index (κ2) is 7.09. The standard InChI is InChI=1S/C15H28/c1-13-11-9-7-5-4-6-8-10-12-14(2)15(13)3/h13H,4-12H2,1-3H3/b15-14-. The van der Waals surface area contributed by atoms with Crippen molar-refractivity contribution in [2.75, 3.05) is 0 Å². The van der Waals surface area contributed by atoms with Crippen molar-refractivity contribution in [2.45, 2.75) is 78.6 Å². The topological polar surface area (TPSA) is 0 Å². The maximum Gasteiger partial charge on any atom is -0.0232 e. The summed E-state index contributed by atoms with van der Waals surface area (Å²) < 4.78 is 0. The van der Waals surface area contributed by atoms with Crippen LogP contribution in [-0.2, 0) is 0 Å². The molecule has 0 spiro atoms. The summed E-state index contributed by atoms with van der Waals surface area (Å²) in [5.41, 5.74) is 3.35. The minimum absolute atomic E-state index is 0.824. The second-order valence-electron chi connectivity index (χ2n) is 5.38. The van der Waals surface area contributed by atoms with Crippen LogP contribution in [0, 0.1) is 5.92 Å². The van der Waals surface area contributed by atoms with E-state index in [0.717, 1.165) is 5.92 Å². The van der Waals surface area contributed by atoms with Crippen molar-refractivity contribution in [3.63, 3.8) is 0 Å². The molecule has 0 amide bonds. The van der Waals surface area contributed by atoms with Crippen LogP contribution in [0.15, 0.2) is 11.1 Å². The van der Waals surface area contributed by atoms with Gasteiger partial charge in [0, 0.05) is 0 Å². The third kappa shape index (κ3) is 4.86. The Morgan fingerprint density at radius 2 is 1.33 bits per heavy atom. The summed E-state index contributed by atoms with van der Waals surface area (Å²) in [6, 6.07) is 0. The summed E-state index contributed by atoms with van der Waals surface area (Å²) in [6.07, 6.45) is 12.9. The van der Waals surface area contributed by atoms with Gasteiger partial charge < -0.3 is 0 Å². The molecule has 15 heavy (non-hydrogen) atoms. The van der Waals surface area contributed by atoms with Gasteiger partial charge in [-0.05, 0) is 39.0 Å². The van der Waals surface area contributed by atoms with Crippen LogP contribution in [0.3, 0.4) is 0 Å². The maximum atomic E-state index is 2.41. The van der Waals surface area contributed by atoms with Gasteiger partial charge in [-0.3, -0.25) is 0 Å². The largest absolute Gasteiger partial charge is 0.0741 e. The zero-order valence-electron chi connectivity index (χ0n) is 10.9. The average Bonchev–Trinajstić information content (AvgIpc) is 2.23. The fourth-order valence-electron chi connectivity index (χ4n) is 2.56. The van der Waals surface area contributed by atoms with Gasteiger partial charge in [-0.25, -0.2) is 0 Å². The summed E-state index contributed by atoms with van der Waals surface area (Å²) in [4.78, 5) is 0. The molecule has 1 unspecified atom stereocenters. The first kappa shape index (κ1) is 12.8. The van der Waals surface area contributed by atoms with Gasteiger partial charge in [0.05, 0.1) is 0 Å². The SMILES string of the molecule is C/C1=C(\C)C(C)CCCCCCCCC1. The fourth-order valence-corrected chi connectivity index (χ4v) is 2.56. The Hall–Kier alpha value is -0.260. The van der Waals surface area contributed by atoms with Crippen molar-refractivity contribution in [1.82, 2.24) is 0 Å². The highest BCUT2D eigenvalue weighted by Gasteiger charge is 2.08. The van der Waals surface area contributed by atoms with Crippen LogP contribution in [0.2, 0.25) is 0 Å². The van der Waals surface area contributed by atoms with Gasteiger partial charge in [0.1, 0.15) is 0 Å². The van der Waals surface area contributed by atoms with Crippen molar-refractivity contribution in [2.24, 2.45) is 5.92 Å². The van der Waals surface area contributed by atoms with Crippen LogP contribution in [0.4, 0.5) is 0 Å².